The molecule has 0 unspecified atom stereocenters. The van der Waals surface area contributed by atoms with E-state index in [1.807, 2.05) is 17.5 Å². The van der Waals surface area contributed by atoms with Crippen LogP contribution in [-0.2, 0) is 13.0 Å². The fraction of sp³-hybridized carbons (Fsp3) is 0.750. The van der Waals surface area contributed by atoms with Gasteiger partial charge in [0.05, 0.1) is 5.01 Å². The number of nitrogens with one attached hydrogen (secondary N) is 1. The molecule has 2 nitrogen and oxygen atoms in total. The number of hydrogen-bond donors (Lipinski definition) is 1. The van der Waals surface area contributed by atoms with Crippen LogP contribution in [-0.4, -0.2) is 11.5 Å². The number of unbranched alkanes of at least 4 members (excludes halogenated alkanes) is 1. The number of thiazole rings is 1. The SMILES string of the molecule is CCCCNCc1cnc(CC(C)C)s1. The molecule has 0 aromatic carbocycles. The molecular formula is C12H22N2S. The van der Waals surface area contributed by atoms with Gasteiger partial charge in [-0.2, -0.15) is 0 Å². The van der Waals surface area contributed by atoms with Gasteiger partial charge in [0.2, 0.25) is 0 Å². The van der Waals surface area contributed by atoms with Crippen LogP contribution >= 0.6 is 11.3 Å². The minimum atomic E-state index is 0.706. The van der Waals surface area contributed by atoms with Crippen molar-refractivity contribution < 1.29 is 0 Å². The van der Waals surface area contributed by atoms with Crippen molar-refractivity contribution >= 4 is 11.3 Å². The molecule has 0 amide bonds. The van der Waals surface area contributed by atoms with E-state index in [0.29, 0.717) is 5.92 Å². The molecule has 1 heterocycles. The molecule has 0 bridgehead atoms. The van der Waals surface area contributed by atoms with Crippen LogP contribution in [0.2, 0.25) is 0 Å². The molecule has 15 heavy (non-hydrogen) atoms. The van der Waals surface area contributed by atoms with Gasteiger partial charge in [-0.05, 0) is 18.9 Å². The van der Waals surface area contributed by atoms with E-state index < -0.39 is 0 Å². The van der Waals surface area contributed by atoms with Crippen molar-refractivity contribution in [1.29, 1.82) is 0 Å². The molecule has 0 aliphatic heterocycles. The van der Waals surface area contributed by atoms with Gasteiger partial charge in [-0.1, -0.05) is 27.2 Å². The van der Waals surface area contributed by atoms with E-state index in [0.717, 1.165) is 19.5 Å². The highest BCUT2D eigenvalue weighted by atomic mass is 32.1. The fourth-order valence-corrected chi connectivity index (χ4v) is 2.49. The lowest BCUT2D eigenvalue weighted by atomic mass is 10.1. The predicted octanol–water partition coefficient (Wildman–Crippen LogP) is 3.23. The first-order chi connectivity index (χ1) is 7.22. The maximum atomic E-state index is 4.43. The minimum absolute atomic E-state index is 0.706. The third-order valence-electron chi connectivity index (χ3n) is 2.19. The fourth-order valence-electron chi connectivity index (χ4n) is 1.39. The first kappa shape index (κ1) is 12.7. The first-order valence-corrected chi connectivity index (χ1v) is 6.68. The largest absolute Gasteiger partial charge is 0.312 e. The van der Waals surface area contributed by atoms with Gasteiger partial charge in [0, 0.05) is 24.0 Å². The van der Waals surface area contributed by atoms with Crippen LogP contribution in [0.3, 0.4) is 0 Å². The molecule has 86 valence electrons. The Hall–Kier alpha value is -0.410. The molecule has 0 aliphatic rings. The molecule has 1 N–H and O–H groups in total. The van der Waals surface area contributed by atoms with Crippen LogP contribution < -0.4 is 5.32 Å². The molecule has 0 radical (unpaired) electrons. The van der Waals surface area contributed by atoms with Gasteiger partial charge in [-0.15, -0.1) is 11.3 Å². The van der Waals surface area contributed by atoms with Crippen LogP contribution in [0, 0.1) is 5.92 Å². The van der Waals surface area contributed by atoms with E-state index in [9.17, 15) is 0 Å². The molecule has 0 fully saturated rings. The standard InChI is InChI=1S/C12H22N2S/c1-4-5-6-13-8-11-9-14-12(15-11)7-10(2)3/h9-10,13H,4-8H2,1-3H3. The molecule has 0 aliphatic carbocycles. The molecule has 1 aromatic rings. The second-order valence-electron chi connectivity index (χ2n) is 4.35. The number of hydrogen-bond acceptors (Lipinski definition) is 3. The monoisotopic (exact) mass is 226 g/mol. The van der Waals surface area contributed by atoms with Crippen molar-refractivity contribution in [3.8, 4) is 0 Å². The second kappa shape index (κ2) is 6.96. The van der Waals surface area contributed by atoms with E-state index >= 15 is 0 Å². The summed E-state index contributed by atoms with van der Waals surface area (Å²) in [6, 6.07) is 0. The van der Waals surface area contributed by atoms with Crippen LogP contribution in [0.25, 0.3) is 0 Å². The zero-order valence-corrected chi connectivity index (χ0v) is 10.9. The zero-order chi connectivity index (χ0) is 11.1. The normalized spacial score (nSPS) is 11.2. The summed E-state index contributed by atoms with van der Waals surface area (Å²) < 4.78 is 0. The summed E-state index contributed by atoms with van der Waals surface area (Å²) in [4.78, 5) is 5.80. The maximum Gasteiger partial charge on any atom is 0.0930 e. The zero-order valence-electron chi connectivity index (χ0n) is 10.0. The summed E-state index contributed by atoms with van der Waals surface area (Å²) in [6.07, 6.45) is 5.65. The molecule has 0 spiro atoms. The van der Waals surface area contributed by atoms with E-state index in [1.54, 1.807) is 0 Å². The van der Waals surface area contributed by atoms with Crippen molar-refractivity contribution in [2.24, 2.45) is 5.92 Å². The van der Waals surface area contributed by atoms with Gasteiger partial charge in [0.15, 0.2) is 0 Å². The van der Waals surface area contributed by atoms with Gasteiger partial charge >= 0.3 is 0 Å². The Labute approximate surface area is 97.1 Å². The molecular weight excluding hydrogens is 204 g/mol. The second-order valence-corrected chi connectivity index (χ2v) is 5.55. The van der Waals surface area contributed by atoms with E-state index in [4.69, 9.17) is 0 Å². The number of aromatic nitrogens is 1. The summed E-state index contributed by atoms with van der Waals surface area (Å²) >= 11 is 1.85. The molecule has 0 saturated heterocycles. The predicted molar refractivity (Wildman–Crippen MR) is 67.3 cm³/mol. The summed E-state index contributed by atoms with van der Waals surface area (Å²) in [5, 5.41) is 4.71. The molecule has 1 aromatic heterocycles. The van der Waals surface area contributed by atoms with Gasteiger partial charge in [0.25, 0.3) is 0 Å². The molecule has 3 heteroatoms. The third kappa shape index (κ3) is 5.28. The summed E-state index contributed by atoms with van der Waals surface area (Å²) in [5.41, 5.74) is 0. The Balaban J connectivity index is 2.26. The van der Waals surface area contributed by atoms with E-state index in [-0.39, 0.29) is 0 Å². The highest BCUT2D eigenvalue weighted by Gasteiger charge is 2.03. The van der Waals surface area contributed by atoms with E-state index in [2.05, 4.69) is 31.1 Å². The Morgan fingerprint density at radius 1 is 1.47 bits per heavy atom. The van der Waals surface area contributed by atoms with Crippen LogP contribution in [0.5, 0.6) is 0 Å². The average Bonchev–Trinajstić information content (AvgIpc) is 2.59. The summed E-state index contributed by atoms with van der Waals surface area (Å²) in [6.45, 7) is 8.79. The van der Waals surface area contributed by atoms with Gasteiger partial charge in [0.1, 0.15) is 0 Å². The van der Waals surface area contributed by atoms with Crippen molar-refractivity contribution in [1.82, 2.24) is 10.3 Å². The Morgan fingerprint density at radius 2 is 2.27 bits per heavy atom. The Bertz CT molecular complexity index is 268. The van der Waals surface area contributed by atoms with Gasteiger partial charge < -0.3 is 5.32 Å². The molecule has 0 atom stereocenters. The third-order valence-corrected chi connectivity index (χ3v) is 3.21. The molecule has 0 saturated carbocycles. The minimum Gasteiger partial charge on any atom is -0.312 e. The first-order valence-electron chi connectivity index (χ1n) is 5.86. The Morgan fingerprint density at radius 3 is 2.93 bits per heavy atom. The summed E-state index contributed by atoms with van der Waals surface area (Å²) in [5.74, 6) is 0.706. The van der Waals surface area contributed by atoms with Crippen molar-refractivity contribution in [2.45, 2.75) is 46.6 Å². The van der Waals surface area contributed by atoms with Crippen LogP contribution in [0.4, 0.5) is 0 Å². The average molecular weight is 226 g/mol. The lowest BCUT2D eigenvalue weighted by Crippen LogP contribution is -2.13. The maximum absolute atomic E-state index is 4.43. The van der Waals surface area contributed by atoms with Gasteiger partial charge in [-0.25, -0.2) is 4.98 Å². The van der Waals surface area contributed by atoms with Crippen molar-refractivity contribution in [2.75, 3.05) is 6.54 Å². The number of nitrogens with zero attached hydrogens (tertiary/aromatic N) is 1. The summed E-state index contributed by atoms with van der Waals surface area (Å²) in [7, 11) is 0. The topological polar surface area (TPSA) is 24.9 Å². The highest BCUT2D eigenvalue weighted by Crippen LogP contribution is 2.16. The smallest absolute Gasteiger partial charge is 0.0930 e. The van der Waals surface area contributed by atoms with Crippen LogP contribution in [0.15, 0.2) is 6.20 Å². The number of rotatable bonds is 7. The van der Waals surface area contributed by atoms with Gasteiger partial charge in [-0.3, -0.25) is 0 Å². The Kier molecular flexibility index (Phi) is 5.88. The van der Waals surface area contributed by atoms with Crippen molar-refractivity contribution in [3.05, 3.63) is 16.1 Å². The molecule has 1 rings (SSSR count). The lowest BCUT2D eigenvalue weighted by Gasteiger charge is -2.00. The quantitative estimate of drug-likeness (QED) is 0.722. The van der Waals surface area contributed by atoms with Crippen molar-refractivity contribution in [3.63, 3.8) is 0 Å². The van der Waals surface area contributed by atoms with Crippen LogP contribution in [0.1, 0.15) is 43.5 Å². The highest BCUT2D eigenvalue weighted by molar-refractivity contribution is 7.11. The van der Waals surface area contributed by atoms with E-state index in [1.165, 1.54) is 22.7 Å². The lowest BCUT2D eigenvalue weighted by molar-refractivity contribution is 0.643.